The first-order chi connectivity index (χ1) is 6.56. The first-order valence-corrected chi connectivity index (χ1v) is 4.20. The molecule has 0 spiro atoms. The fourth-order valence-electron chi connectivity index (χ4n) is 1.09. The van der Waals surface area contributed by atoms with Gasteiger partial charge in [0.25, 0.3) is 11.9 Å². The molecule has 8 heteroatoms. The van der Waals surface area contributed by atoms with Crippen LogP contribution in [0.1, 0.15) is 0 Å². The van der Waals surface area contributed by atoms with Gasteiger partial charge < -0.3 is 23.9 Å². The highest BCUT2D eigenvalue weighted by Gasteiger charge is 2.28. The zero-order valence-corrected chi connectivity index (χ0v) is 8.34. The van der Waals surface area contributed by atoms with E-state index in [0.29, 0.717) is 5.88 Å². The fourth-order valence-corrected chi connectivity index (χ4v) is 1.09. The lowest BCUT2D eigenvalue weighted by Crippen LogP contribution is -2.47. The second kappa shape index (κ2) is 4.39. The molecule has 0 amide bonds. The van der Waals surface area contributed by atoms with Crippen molar-refractivity contribution >= 4 is 20.1 Å². The number of ether oxygens (including phenoxy) is 1. The van der Waals surface area contributed by atoms with Gasteiger partial charge >= 0.3 is 14.1 Å². The van der Waals surface area contributed by atoms with Crippen LogP contribution in [-0.4, -0.2) is 36.2 Å². The fraction of sp³-hybridized carbons (Fsp3) is 0.500. The molecular weight excluding hydrogens is 186 g/mol. The standard InChI is InChI=1S/C6H12B2N2O4/c1-7(11)10(8(2)12)6-9-5(13-3)4-14-6/h4,11-12H,1-3H3. The largest absolute Gasteiger partial charge is 0.479 e. The molecule has 0 saturated heterocycles. The summed E-state index contributed by atoms with van der Waals surface area (Å²) in [6.45, 7) is 3.01. The van der Waals surface area contributed by atoms with Crippen LogP contribution in [0.3, 0.4) is 0 Å². The van der Waals surface area contributed by atoms with Crippen LogP contribution in [0.15, 0.2) is 10.7 Å². The Morgan fingerprint density at radius 3 is 2.36 bits per heavy atom. The molecule has 0 radical (unpaired) electrons. The van der Waals surface area contributed by atoms with Gasteiger partial charge in [0.15, 0.2) is 6.26 Å². The quantitative estimate of drug-likeness (QED) is 0.647. The van der Waals surface area contributed by atoms with E-state index in [4.69, 9.17) is 9.15 Å². The van der Waals surface area contributed by atoms with Crippen molar-refractivity contribution in [3.8, 4) is 5.88 Å². The minimum atomic E-state index is -0.890. The Morgan fingerprint density at radius 2 is 2.00 bits per heavy atom. The van der Waals surface area contributed by atoms with Gasteiger partial charge in [-0.1, -0.05) is 0 Å². The van der Waals surface area contributed by atoms with E-state index < -0.39 is 14.1 Å². The number of methoxy groups -OCH3 is 1. The molecule has 0 aliphatic rings. The molecule has 1 aromatic heterocycles. The molecule has 76 valence electrons. The number of hydrogen-bond donors (Lipinski definition) is 2. The minimum Gasteiger partial charge on any atom is -0.479 e. The molecule has 1 rings (SSSR count). The van der Waals surface area contributed by atoms with Crippen LogP contribution in [0.2, 0.25) is 13.6 Å². The molecular formula is C6H12B2N2O4. The van der Waals surface area contributed by atoms with Crippen LogP contribution < -0.4 is 9.46 Å². The monoisotopic (exact) mass is 198 g/mol. The van der Waals surface area contributed by atoms with Gasteiger partial charge in [0.05, 0.1) is 7.11 Å². The first-order valence-electron chi connectivity index (χ1n) is 4.20. The average Bonchev–Trinajstić information content (AvgIpc) is 2.51. The summed E-state index contributed by atoms with van der Waals surface area (Å²) in [6, 6.07) is 0.117. The molecule has 0 unspecified atom stereocenters. The van der Waals surface area contributed by atoms with Crippen LogP contribution in [-0.2, 0) is 0 Å². The maximum Gasteiger partial charge on any atom is 0.402 e. The number of nitrogens with zero attached hydrogens (tertiary/aromatic N) is 2. The zero-order chi connectivity index (χ0) is 10.7. The zero-order valence-electron chi connectivity index (χ0n) is 8.34. The Hall–Kier alpha value is -1.14. The maximum absolute atomic E-state index is 9.34. The number of aromatic nitrogens is 1. The van der Waals surface area contributed by atoms with E-state index in [-0.39, 0.29) is 6.01 Å². The highest BCUT2D eigenvalue weighted by Crippen LogP contribution is 2.19. The molecule has 0 atom stereocenters. The van der Waals surface area contributed by atoms with E-state index in [1.54, 1.807) is 0 Å². The molecule has 0 aromatic carbocycles. The van der Waals surface area contributed by atoms with Gasteiger partial charge in [0, 0.05) is 0 Å². The van der Waals surface area contributed by atoms with Gasteiger partial charge in [-0.05, 0) is 13.6 Å². The van der Waals surface area contributed by atoms with Crippen molar-refractivity contribution in [1.82, 2.24) is 4.98 Å². The molecule has 0 fully saturated rings. The third-order valence-corrected chi connectivity index (χ3v) is 1.71. The SMILES string of the molecule is COc1coc(N(B(C)O)B(C)O)n1. The van der Waals surface area contributed by atoms with E-state index in [1.807, 2.05) is 0 Å². The maximum atomic E-state index is 9.34. The van der Waals surface area contributed by atoms with Gasteiger partial charge in [-0.15, -0.1) is 0 Å². The Kier molecular flexibility index (Phi) is 3.43. The molecule has 1 aromatic rings. The third-order valence-electron chi connectivity index (χ3n) is 1.71. The summed E-state index contributed by atoms with van der Waals surface area (Å²) in [4.78, 5) is 3.89. The molecule has 0 aliphatic carbocycles. The topological polar surface area (TPSA) is 79.0 Å². The van der Waals surface area contributed by atoms with Gasteiger partial charge in [-0.25, -0.2) is 0 Å². The summed E-state index contributed by atoms with van der Waals surface area (Å²) in [6.07, 6.45) is 1.30. The van der Waals surface area contributed by atoms with Crippen molar-refractivity contribution in [2.24, 2.45) is 0 Å². The van der Waals surface area contributed by atoms with Gasteiger partial charge in [-0.3, -0.25) is 0 Å². The summed E-state index contributed by atoms with van der Waals surface area (Å²) >= 11 is 0. The Morgan fingerprint density at radius 1 is 1.43 bits per heavy atom. The van der Waals surface area contributed by atoms with Crippen molar-refractivity contribution < 1.29 is 19.2 Å². The highest BCUT2D eigenvalue weighted by molar-refractivity contribution is 6.74. The van der Waals surface area contributed by atoms with Crippen LogP contribution in [0.5, 0.6) is 5.88 Å². The summed E-state index contributed by atoms with van der Waals surface area (Å²) in [7, 11) is -0.326. The second-order valence-corrected chi connectivity index (χ2v) is 2.84. The lowest BCUT2D eigenvalue weighted by Gasteiger charge is -2.21. The van der Waals surface area contributed by atoms with E-state index in [1.165, 1.54) is 31.7 Å². The van der Waals surface area contributed by atoms with Crippen molar-refractivity contribution in [3.63, 3.8) is 0 Å². The Labute approximate surface area is 82.8 Å². The smallest absolute Gasteiger partial charge is 0.402 e. The summed E-state index contributed by atoms with van der Waals surface area (Å²) in [5.41, 5.74) is 0. The van der Waals surface area contributed by atoms with Crippen molar-refractivity contribution in [2.45, 2.75) is 13.6 Å². The van der Waals surface area contributed by atoms with Gasteiger partial charge in [0.1, 0.15) is 0 Å². The van der Waals surface area contributed by atoms with E-state index in [2.05, 4.69) is 4.98 Å². The summed E-state index contributed by atoms with van der Waals surface area (Å²) < 4.78 is 11.0. The highest BCUT2D eigenvalue weighted by atomic mass is 16.5. The van der Waals surface area contributed by atoms with Gasteiger partial charge in [-0.2, -0.15) is 4.98 Å². The summed E-state index contributed by atoms with van der Waals surface area (Å²) in [5, 5.41) is 18.7. The third kappa shape index (κ3) is 2.21. The van der Waals surface area contributed by atoms with E-state index in [0.717, 1.165) is 0 Å². The lowest BCUT2D eigenvalue weighted by molar-refractivity contribution is 0.395. The summed E-state index contributed by atoms with van der Waals surface area (Å²) in [5.74, 6) is 0.297. The Bertz CT molecular complexity index is 283. The second-order valence-electron chi connectivity index (χ2n) is 2.84. The Balaban J connectivity index is 2.88. The first kappa shape index (κ1) is 10.9. The van der Waals surface area contributed by atoms with Gasteiger partial charge in [0.2, 0.25) is 0 Å². The molecule has 0 aliphatic heterocycles. The number of rotatable bonds is 4. The minimum absolute atomic E-state index is 0.117. The molecule has 6 nitrogen and oxygen atoms in total. The molecule has 0 saturated carbocycles. The van der Waals surface area contributed by atoms with Crippen molar-refractivity contribution in [3.05, 3.63) is 6.26 Å². The average molecular weight is 198 g/mol. The molecule has 1 heterocycles. The predicted octanol–water partition coefficient (Wildman–Crippen LogP) is -0.290. The lowest BCUT2D eigenvalue weighted by atomic mass is 9.70. The number of oxazole rings is 1. The number of hydrogen-bond acceptors (Lipinski definition) is 6. The van der Waals surface area contributed by atoms with Crippen molar-refractivity contribution in [1.29, 1.82) is 0 Å². The van der Waals surface area contributed by atoms with Crippen molar-refractivity contribution in [2.75, 3.05) is 11.8 Å². The van der Waals surface area contributed by atoms with E-state index >= 15 is 0 Å². The van der Waals surface area contributed by atoms with Crippen LogP contribution in [0, 0.1) is 0 Å². The molecule has 2 N–H and O–H groups in total. The van der Waals surface area contributed by atoms with Crippen LogP contribution >= 0.6 is 0 Å². The molecule has 14 heavy (non-hydrogen) atoms. The number of anilines is 1. The predicted molar refractivity (Wildman–Crippen MR) is 53.2 cm³/mol. The van der Waals surface area contributed by atoms with Crippen LogP contribution in [0.25, 0.3) is 0 Å². The molecule has 0 bridgehead atoms. The van der Waals surface area contributed by atoms with E-state index in [9.17, 15) is 10.0 Å². The van der Waals surface area contributed by atoms with Crippen LogP contribution in [0.4, 0.5) is 6.01 Å². The normalized spacial score (nSPS) is 9.79.